The molecule has 0 unspecified atom stereocenters. The maximum absolute atomic E-state index is 13.5. The molecule has 0 spiro atoms. The van der Waals surface area contributed by atoms with Crippen molar-refractivity contribution in [3.05, 3.63) is 94.4 Å². The minimum absolute atomic E-state index is 0.119. The van der Waals surface area contributed by atoms with Gasteiger partial charge in [-0.3, -0.25) is 35.5 Å². The number of carboxylic acid groups (broad SMARTS) is 1. The predicted octanol–water partition coefficient (Wildman–Crippen LogP) is 3.81. The fraction of sp³-hybridized carbons (Fsp3) is 0.179. The molecule has 4 aromatic rings. The van der Waals surface area contributed by atoms with E-state index >= 15 is 0 Å². The molecule has 14 nitrogen and oxygen atoms in total. The zero-order chi connectivity index (χ0) is 29.6. The first-order valence-electron chi connectivity index (χ1n) is 13.1. The van der Waals surface area contributed by atoms with E-state index in [2.05, 4.69) is 31.3 Å². The molecule has 5 rings (SSSR count). The first-order chi connectivity index (χ1) is 20.3. The maximum atomic E-state index is 13.5. The van der Waals surface area contributed by atoms with E-state index in [0.717, 1.165) is 36.4 Å². The standard InChI is InChI=1S/C28H26N8O6/c37-26(19-11-13-29-14-12-19)30-31-27(38)25-23(20-5-4-6-22(17-20)36(41)42)24(32-35(25)33-28(39)40)18-7-9-21(10-8-18)34-15-2-1-3-16-34/h4-14,17,33H,1-3,15-16H2,(H,30,37)(H,31,38)(H,39,40). The molecule has 0 bridgehead atoms. The number of non-ortho nitro benzene ring substituents is 1. The second-order valence-corrected chi connectivity index (χ2v) is 9.45. The number of pyridine rings is 1. The maximum Gasteiger partial charge on any atom is 0.425 e. The van der Waals surface area contributed by atoms with Crippen LogP contribution in [0.3, 0.4) is 0 Å². The molecular formula is C28H26N8O6. The monoisotopic (exact) mass is 570 g/mol. The lowest BCUT2D eigenvalue weighted by atomic mass is 9.97. The number of carbonyl (C=O) groups is 3. The fourth-order valence-electron chi connectivity index (χ4n) is 4.78. The largest absolute Gasteiger partial charge is 0.464 e. The van der Waals surface area contributed by atoms with E-state index in [0.29, 0.717) is 5.56 Å². The van der Waals surface area contributed by atoms with Crippen LogP contribution in [0.5, 0.6) is 0 Å². The van der Waals surface area contributed by atoms with E-state index in [9.17, 15) is 29.6 Å². The van der Waals surface area contributed by atoms with Gasteiger partial charge in [-0.15, -0.1) is 0 Å². The molecule has 0 atom stereocenters. The van der Waals surface area contributed by atoms with Crippen LogP contribution in [-0.4, -0.2) is 55.9 Å². The van der Waals surface area contributed by atoms with Crippen molar-refractivity contribution in [1.29, 1.82) is 0 Å². The lowest BCUT2D eigenvalue weighted by Crippen LogP contribution is -2.43. The van der Waals surface area contributed by atoms with Crippen molar-refractivity contribution in [2.24, 2.45) is 0 Å². The molecule has 0 aliphatic carbocycles. The second kappa shape index (κ2) is 12.2. The Hall–Kier alpha value is -5.79. The number of rotatable bonds is 7. The minimum atomic E-state index is -1.51. The molecule has 0 radical (unpaired) electrons. The Morgan fingerprint density at radius 1 is 0.881 bits per heavy atom. The van der Waals surface area contributed by atoms with Gasteiger partial charge in [0.05, 0.1) is 4.92 Å². The number of aromatic nitrogens is 3. The molecule has 0 saturated carbocycles. The van der Waals surface area contributed by atoms with Gasteiger partial charge in [-0.1, -0.05) is 24.3 Å². The lowest BCUT2D eigenvalue weighted by Gasteiger charge is -2.28. The topological polar surface area (TPSA) is 185 Å². The Bertz CT molecular complexity index is 1630. The van der Waals surface area contributed by atoms with E-state index in [4.69, 9.17) is 0 Å². The molecule has 2 aromatic carbocycles. The Balaban J connectivity index is 1.59. The molecule has 1 fully saturated rings. The highest BCUT2D eigenvalue weighted by atomic mass is 16.6. The Morgan fingerprint density at radius 3 is 2.24 bits per heavy atom. The van der Waals surface area contributed by atoms with Crippen LogP contribution in [0.2, 0.25) is 0 Å². The van der Waals surface area contributed by atoms with Crippen molar-refractivity contribution in [2.45, 2.75) is 19.3 Å². The molecule has 1 saturated heterocycles. The van der Waals surface area contributed by atoms with Crippen LogP contribution in [0.15, 0.2) is 73.1 Å². The van der Waals surface area contributed by atoms with Crippen LogP contribution in [0.1, 0.15) is 40.1 Å². The Kier molecular flexibility index (Phi) is 8.04. The third-order valence-electron chi connectivity index (χ3n) is 6.74. The highest BCUT2D eigenvalue weighted by Gasteiger charge is 2.28. The third kappa shape index (κ3) is 6.01. The number of amides is 3. The molecule has 4 N–H and O–H groups in total. The van der Waals surface area contributed by atoms with Gasteiger partial charge in [-0.25, -0.2) is 10.2 Å². The average Bonchev–Trinajstić information content (AvgIpc) is 3.39. The SMILES string of the molecule is O=C(O)Nn1nc(-c2ccc(N3CCCCC3)cc2)c(-c2cccc([N+](=O)[O-])c2)c1C(=O)NNC(=O)c1ccncc1. The molecule has 1 aliphatic rings. The average molecular weight is 571 g/mol. The smallest absolute Gasteiger partial charge is 0.425 e. The van der Waals surface area contributed by atoms with E-state index in [1.54, 1.807) is 18.2 Å². The number of hydrogen-bond acceptors (Lipinski definition) is 8. The van der Waals surface area contributed by atoms with Gasteiger partial charge in [0.15, 0.2) is 5.69 Å². The number of hydrazine groups is 1. The molecule has 214 valence electrons. The zero-order valence-corrected chi connectivity index (χ0v) is 22.2. The number of carbonyl (C=O) groups excluding carboxylic acids is 2. The highest BCUT2D eigenvalue weighted by Crippen LogP contribution is 2.36. The summed E-state index contributed by atoms with van der Waals surface area (Å²) < 4.78 is 0. The number of nitro groups is 1. The molecule has 1 aliphatic heterocycles. The number of nitrogens with zero attached hydrogens (tertiary/aromatic N) is 5. The normalized spacial score (nSPS) is 12.8. The zero-order valence-electron chi connectivity index (χ0n) is 22.2. The van der Waals surface area contributed by atoms with E-state index in [1.807, 2.05) is 12.1 Å². The molecule has 14 heteroatoms. The van der Waals surface area contributed by atoms with Crippen LogP contribution in [-0.2, 0) is 0 Å². The first-order valence-corrected chi connectivity index (χ1v) is 13.1. The number of nitrogens with one attached hydrogen (secondary N) is 3. The van der Waals surface area contributed by atoms with E-state index in [-0.39, 0.29) is 33.8 Å². The fourth-order valence-corrected chi connectivity index (χ4v) is 4.78. The molecule has 42 heavy (non-hydrogen) atoms. The summed E-state index contributed by atoms with van der Waals surface area (Å²) in [5, 5.41) is 25.5. The van der Waals surface area contributed by atoms with Crippen LogP contribution >= 0.6 is 0 Å². The second-order valence-electron chi connectivity index (χ2n) is 9.45. The number of hydrogen-bond donors (Lipinski definition) is 4. The van der Waals surface area contributed by atoms with Gasteiger partial charge in [0.25, 0.3) is 17.5 Å². The summed E-state index contributed by atoms with van der Waals surface area (Å²) >= 11 is 0. The summed E-state index contributed by atoms with van der Waals surface area (Å²) in [5.74, 6) is -1.57. The molecule has 3 heterocycles. The first kappa shape index (κ1) is 27.8. The summed E-state index contributed by atoms with van der Waals surface area (Å²) in [4.78, 5) is 55.6. The summed E-state index contributed by atoms with van der Waals surface area (Å²) in [6.45, 7) is 1.87. The molecular weight excluding hydrogens is 544 g/mol. The van der Waals surface area contributed by atoms with Crippen molar-refractivity contribution < 1.29 is 24.4 Å². The summed E-state index contributed by atoms with van der Waals surface area (Å²) in [6, 6.07) is 15.9. The quantitative estimate of drug-likeness (QED) is 0.189. The number of benzene rings is 2. The lowest BCUT2D eigenvalue weighted by molar-refractivity contribution is -0.384. The molecule has 3 amide bonds. The summed E-state index contributed by atoms with van der Waals surface area (Å²) in [6.07, 6.45) is 4.69. The van der Waals surface area contributed by atoms with Gasteiger partial charge in [0.1, 0.15) is 5.69 Å². The Labute approximate surface area is 239 Å². The van der Waals surface area contributed by atoms with Crippen molar-refractivity contribution >= 4 is 29.3 Å². The van der Waals surface area contributed by atoms with Gasteiger partial charge >= 0.3 is 6.09 Å². The van der Waals surface area contributed by atoms with Crippen molar-refractivity contribution in [3.8, 4) is 22.4 Å². The van der Waals surface area contributed by atoms with Crippen LogP contribution in [0.4, 0.5) is 16.2 Å². The van der Waals surface area contributed by atoms with E-state index in [1.165, 1.54) is 49.1 Å². The van der Waals surface area contributed by atoms with Gasteiger partial charge in [-0.05, 0) is 49.1 Å². The summed E-state index contributed by atoms with van der Waals surface area (Å²) in [7, 11) is 0. The van der Waals surface area contributed by atoms with Crippen molar-refractivity contribution in [1.82, 2.24) is 25.7 Å². The predicted molar refractivity (Wildman–Crippen MR) is 152 cm³/mol. The number of nitro benzene ring substituents is 1. The van der Waals surface area contributed by atoms with Crippen molar-refractivity contribution in [3.63, 3.8) is 0 Å². The number of anilines is 1. The van der Waals surface area contributed by atoms with Gasteiger partial charge in [0.2, 0.25) is 0 Å². The van der Waals surface area contributed by atoms with Gasteiger partial charge < -0.3 is 10.0 Å². The highest BCUT2D eigenvalue weighted by molar-refractivity contribution is 6.05. The van der Waals surface area contributed by atoms with Crippen LogP contribution in [0, 0.1) is 10.1 Å². The third-order valence-corrected chi connectivity index (χ3v) is 6.74. The van der Waals surface area contributed by atoms with Gasteiger partial charge in [0, 0.05) is 60.0 Å². The minimum Gasteiger partial charge on any atom is -0.464 e. The van der Waals surface area contributed by atoms with Crippen molar-refractivity contribution in [2.75, 3.05) is 23.4 Å². The van der Waals surface area contributed by atoms with Gasteiger partial charge in [-0.2, -0.15) is 9.89 Å². The number of piperidine rings is 1. The molecule has 2 aromatic heterocycles. The van der Waals surface area contributed by atoms with E-state index < -0.39 is 22.8 Å². The summed E-state index contributed by atoms with van der Waals surface area (Å²) in [5.41, 5.74) is 8.41. The van der Waals surface area contributed by atoms with Crippen LogP contribution in [0.25, 0.3) is 22.4 Å². The van der Waals surface area contributed by atoms with Crippen LogP contribution < -0.4 is 21.2 Å². The Morgan fingerprint density at radius 2 is 1.57 bits per heavy atom.